The summed E-state index contributed by atoms with van der Waals surface area (Å²) < 4.78 is 0. The third kappa shape index (κ3) is 2.71. The quantitative estimate of drug-likeness (QED) is 0.714. The van der Waals surface area contributed by atoms with E-state index >= 15 is 0 Å². The van der Waals surface area contributed by atoms with E-state index in [9.17, 15) is 0 Å². The largest absolute Gasteiger partial charge is 0.249 e. The van der Waals surface area contributed by atoms with Gasteiger partial charge in [-0.2, -0.15) is 0 Å². The summed E-state index contributed by atoms with van der Waals surface area (Å²) in [4.78, 5) is 5.62. The molecule has 3 heteroatoms. The van der Waals surface area contributed by atoms with Gasteiger partial charge in [-0.1, -0.05) is 32.1 Å². The average molecular weight is 230 g/mol. The Balaban J connectivity index is 1.89. The molecular formula is C11H16ClNS. The van der Waals surface area contributed by atoms with Gasteiger partial charge in [-0.25, -0.2) is 4.98 Å². The van der Waals surface area contributed by atoms with Gasteiger partial charge in [-0.3, -0.25) is 0 Å². The molecule has 0 aliphatic heterocycles. The van der Waals surface area contributed by atoms with Gasteiger partial charge in [0.05, 0.1) is 10.9 Å². The Morgan fingerprint density at radius 1 is 1.36 bits per heavy atom. The van der Waals surface area contributed by atoms with Crippen LogP contribution >= 0.6 is 22.9 Å². The molecule has 0 amide bonds. The van der Waals surface area contributed by atoms with E-state index in [0.717, 1.165) is 5.92 Å². The molecule has 1 heterocycles. The van der Waals surface area contributed by atoms with Crippen LogP contribution in [0, 0.1) is 5.92 Å². The fourth-order valence-electron chi connectivity index (χ4n) is 2.14. The van der Waals surface area contributed by atoms with Crippen molar-refractivity contribution in [3.05, 3.63) is 16.1 Å². The second-order valence-electron chi connectivity index (χ2n) is 4.06. The van der Waals surface area contributed by atoms with Gasteiger partial charge in [0.15, 0.2) is 0 Å². The van der Waals surface area contributed by atoms with Crippen molar-refractivity contribution in [1.29, 1.82) is 0 Å². The van der Waals surface area contributed by atoms with Crippen molar-refractivity contribution in [3.8, 4) is 0 Å². The zero-order valence-electron chi connectivity index (χ0n) is 8.34. The number of hydrogen-bond acceptors (Lipinski definition) is 2. The Morgan fingerprint density at radius 3 is 2.79 bits per heavy atom. The summed E-state index contributed by atoms with van der Waals surface area (Å²) in [7, 11) is 0. The maximum Gasteiger partial charge on any atom is 0.0930 e. The summed E-state index contributed by atoms with van der Waals surface area (Å²) in [5, 5.41) is 1.28. The van der Waals surface area contributed by atoms with Crippen LogP contribution in [0.2, 0.25) is 0 Å². The summed E-state index contributed by atoms with van der Waals surface area (Å²) in [5.41, 5.74) is 0. The summed E-state index contributed by atoms with van der Waals surface area (Å²) in [6.45, 7) is 0. The van der Waals surface area contributed by atoms with Gasteiger partial charge in [-0.05, 0) is 5.92 Å². The Morgan fingerprint density at radius 2 is 2.14 bits per heavy atom. The minimum absolute atomic E-state index is 0.613. The molecule has 0 radical (unpaired) electrons. The molecular weight excluding hydrogens is 214 g/mol. The van der Waals surface area contributed by atoms with Crippen LogP contribution < -0.4 is 0 Å². The van der Waals surface area contributed by atoms with E-state index in [1.807, 2.05) is 6.20 Å². The first kappa shape index (κ1) is 10.4. The van der Waals surface area contributed by atoms with Crippen LogP contribution in [0.1, 0.15) is 42.0 Å². The third-order valence-corrected chi connectivity index (χ3v) is 4.39. The second kappa shape index (κ2) is 5.13. The van der Waals surface area contributed by atoms with Gasteiger partial charge in [0.1, 0.15) is 0 Å². The Bertz CT molecular complexity index is 279. The number of aromatic nitrogens is 1. The maximum absolute atomic E-state index is 5.75. The zero-order valence-corrected chi connectivity index (χ0v) is 9.91. The molecule has 78 valence electrons. The molecule has 0 spiro atoms. The smallest absolute Gasteiger partial charge is 0.0930 e. The fourth-order valence-corrected chi connectivity index (χ4v) is 3.26. The molecule has 0 saturated heterocycles. The standard InChI is InChI=1S/C11H16ClNS/c12-7-10-8-13-11(14-10)6-9-4-2-1-3-5-9/h8-9H,1-7H2. The van der Waals surface area contributed by atoms with Gasteiger partial charge in [-0.15, -0.1) is 22.9 Å². The average Bonchev–Trinajstić information content (AvgIpc) is 2.67. The molecule has 1 nitrogen and oxygen atoms in total. The molecule has 0 N–H and O–H groups in total. The molecule has 1 aromatic rings. The normalized spacial score (nSPS) is 18.6. The number of hydrogen-bond donors (Lipinski definition) is 0. The lowest BCUT2D eigenvalue weighted by Crippen LogP contribution is -2.08. The molecule has 1 saturated carbocycles. The van der Waals surface area contributed by atoms with Crippen LogP contribution in [-0.4, -0.2) is 4.98 Å². The van der Waals surface area contributed by atoms with Crippen molar-refractivity contribution in [2.24, 2.45) is 5.92 Å². The molecule has 0 aromatic carbocycles. The second-order valence-corrected chi connectivity index (χ2v) is 5.53. The number of alkyl halides is 1. The van der Waals surface area contributed by atoms with Crippen LogP contribution in [0.5, 0.6) is 0 Å². The first-order valence-electron chi connectivity index (χ1n) is 5.38. The summed E-state index contributed by atoms with van der Waals surface area (Å²) in [6.07, 6.45) is 10.2. The number of nitrogens with zero attached hydrogens (tertiary/aromatic N) is 1. The Kier molecular flexibility index (Phi) is 3.82. The SMILES string of the molecule is ClCc1cnc(CC2CCCCC2)s1. The van der Waals surface area contributed by atoms with E-state index in [1.54, 1.807) is 11.3 Å². The molecule has 1 fully saturated rings. The van der Waals surface area contributed by atoms with Gasteiger partial charge >= 0.3 is 0 Å². The van der Waals surface area contributed by atoms with Gasteiger partial charge in [0.2, 0.25) is 0 Å². The van der Waals surface area contributed by atoms with Gasteiger partial charge in [0.25, 0.3) is 0 Å². The molecule has 0 unspecified atom stereocenters. The van der Waals surface area contributed by atoms with E-state index in [4.69, 9.17) is 11.6 Å². The highest BCUT2D eigenvalue weighted by Gasteiger charge is 2.15. The Labute approximate surface area is 94.5 Å². The maximum atomic E-state index is 5.75. The van der Waals surface area contributed by atoms with E-state index in [1.165, 1.54) is 48.4 Å². The van der Waals surface area contributed by atoms with Crippen molar-refractivity contribution >= 4 is 22.9 Å². The van der Waals surface area contributed by atoms with E-state index in [0.29, 0.717) is 5.88 Å². The summed E-state index contributed by atoms with van der Waals surface area (Å²) in [5.74, 6) is 1.50. The minimum Gasteiger partial charge on any atom is -0.249 e. The van der Waals surface area contributed by atoms with Crippen LogP contribution in [0.25, 0.3) is 0 Å². The van der Waals surface area contributed by atoms with Crippen LogP contribution in [0.15, 0.2) is 6.20 Å². The van der Waals surface area contributed by atoms with Crippen molar-refractivity contribution < 1.29 is 0 Å². The lowest BCUT2D eigenvalue weighted by Gasteiger charge is -2.20. The van der Waals surface area contributed by atoms with Gasteiger partial charge in [0, 0.05) is 17.5 Å². The predicted molar refractivity (Wildman–Crippen MR) is 62.0 cm³/mol. The highest BCUT2D eigenvalue weighted by Crippen LogP contribution is 2.28. The van der Waals surface area contributed by atoms with Crippen LogP contribution in [-0.2, 0) is 12.3 Å². The van der Waals surface area contributed by atoms with Crippen molar-refractivity contribution in [3.63, 3.8) is 0 Å². The number of rotatable bonds is 3. The van der Waals surface area contributed by atoms with Gasteiger partial charge < -0.3 is 0 Å². The first-order valence-corrected chi connectivity index (χ1v) is 6.73. The molecule has 14 heavy (non-hydrogen) atoms. The lowest BCUT2D eigenvalue weighted by molar-refractivity contribution is 0.356. The first-order chi connectivity index (χ1) is 6.88. The summed E-state index contributed by atoms with van der Waals surface area (Å²) in [6, 6.07) is 0. The van der Waals surface area contributed by atoms with Crippen LogP contribution in [0.4, 0.5) is 0 Å². The topological polar surface area (TPSA) is 12.9 Å². The fraction of sp³-hybridized carbons (Fsp3) is 0.727. The lowest BCUT2D eigenvalue weighted by atomic mass is 9.87. The van der Waals surface area contributed by atoms with Crippen molar-refractivity contribution in [1.82, 2.24) is 4.98 Å². The van der Waals surface area contributed by atoms with Crippen molar-refractivity contribution in [2.45, 2.75) is 44.4 Å². The molecule has 0 bridgehead atoms. The molecule has 0 atom stereocenters. The van der Waals surface area contributed by atoms with E-state index in [-0.39, 0.29) is 0 Å². The molecule has 2 rings (SSSR count). The predicted octanol–water partition coefficient (Wildman–Crippen LogP) is 4.00. The molecule has 1 aliphatic rings. The Hall–Kier alpha value is -0.0800. The summed E-state index contributed by atoms with van der Waals surface area (Å²) >= 11 is 7.54. The van der Waals surface area contributed by atoms with Crippen molar-refractivity contribution in [2.75, 3.05) is 0 Å². The molecule has 1 aromatic heterocycles. The van der Waals surface area contributed by atoms with E-state index < -0.39 is 0 Å². The highest BCUT2D eigenvalue weighted by molar-refractivity contribution is 7.11. The minimum atomic E-state index is 0.613. The monoisotopic (exact) mass is 229 g/mol. The number of thiazole rings is 1. The van der Waals surface area contributed by atoms with Crippen LogP contribution in [0.3, 0.4) is 0 Å². The highest BCUT2D eigenvalue weighted by atomic mass is 35.5. The third-order valence-electron chi connectivity index (χ3n) is 2.92. The number of halogens is 1. The molecule has 1 aliphatic carbocycles. The van der Waals surface area contributed by atoms with E-state index in [2.05, 4.69) is 4.98 Å². The zero-order chi connectivity index (χ0) is 9.80.